The van der Waals surface area contributed by atoms with Crippen LogP contribution in [-0.4, -0.2) is 40.8 Å². The summed E-state index contributed by atoms with van der Waals surface area (Å²) in [6.07, 6.45) is 3.63. The number of nitrogens with zero attached hydrogens (tertiary/aromatic N) is 2. The second kappa shape index (κ2) is 6.72. The summed E-state index contributed by atoms with van der Waals surface area (Å²) in [5.41, 5.74) is -0.187. The molecular weight excluding hydrogens is 348 g/mol. The number of carboxylic acid groups (broad SMARTS) is 1. The van der Waals surface area contributed by atoms with E-state index < -0.39 is 32.7 Å². The summed E-state index contributed by atoms with van der Waals surface area (Å²) in [6, 6.07) is 4.28. The zero-order chi connectivity index (χ0) is 18.2. The van der Waals surface area contributed by atoms with E-state index in [1.54, 1.807) is 6.07 Å². The van der Waals surface area contributed by atoms with Gasteiger partial charge in [0.2, 0.25) is 10.0 Å². The number of rotatable bonds is 5. The molecular formula is C16H20N2O6S. The molecule has 8 nitrogen and oxygen atoms in total. The van der Waals surface area contributed by atoms with Gasteiger partial charge in [0.15, 0.2) is 0 Å². The average molecular weight is 368 g/mol. The maximum Gasteiger partial charge on any atom is 0.322 e. The van der Waals surface area contributed by atoms with Gasteiger partial charge in [-0.2, -0.15) is 4.31 Å². The van der Waals surface area contributed by atoms with Crippen molar-refractivity contribution < 1.29 is 23.2 Å². The summed E-state index contributed by atoms with van der Waals surface area (Å²) in [5, 5.41) is 20.6. The van der Waals surface area contributed by atoms with Crippen molar-refractivity contribution in [3.63, 3.8) is 0 Å². The Morgan fingerprint density at radius 1 is 1.28 bits per heavy atom. The molecule has 1 saturated heterocycles. The molecule has 0 aromatic heterocycles. The highest BCUT2D eigenvalue weighted by molar-refractivity contribution is 7.88. The number of carbonyl (C=O) groups is 1. The number of aliphatic carboxylic acids is 1. The van der Waals surface area contributed by atoms with E-state index in [2.05, 4.69) is 0 Å². The topological polar surface area (TPSA) is 118 Å². The van der Waals surface area contributed by atoms with Gasteiger partial charge in [-0.3, -0.25) is 14.9 Å². The number of fused-ring (bicyclic) bond motifs is 1. The largest absolute Gasteiger partial charge is 0.480 e. The monoisotopic (exact) mass is 368 g/mol. The summed E-state index contributed by atoms with van der Waals surface area (Å²) in [5.74, 6) is -1.66. The van der Waals surface area contributed by atoms with E-state index in [9.17, 15) is 28.4 Å². The molecule has 1 heterocycles. The van der Waals surface area contributed by atoms with Gasteiger partial charge in [0, 0.05) is 17.7 Å². The minimum Gasteiger partial charge on any atom is -0.480 e. The number of hydrogen-bond donors (Lipinski definition) is 1. The minimum absolute atomic E-state index is 0.0513. The lowest BCUT2D eigenvalue weighted by atomic mass is 9.85. The van der Waals surface area contributed by atoms with Crippen LogP contribution in [0.5, 0.6) is 0 Å². The highest BCUT2D eigenvalue weighted by Crippen LogP contribution is 2.42. The third-order valence-corrected chi connectivity index (χ3v) is 7.00. The molecule has 2 fully saturated rings. The van der Waals surface area contributed by atoms with Crippen LogP contribution in [0.2, 0.25) is 0 Å². The van der Waals surface area contributed by atoms with Crippen LogP contribution in [0.3, 0.4) is 0 Å². The number of para-hydroxylation sites is 1. The maximum absolute atomic E-state index is 13.0. The van der Waals surface area contributed by atoms with Crippen molar-refractivity contribution in [3.05, 3.63) is 39.9 Å². The van der Waals surface area contributed by atoms with Crippen molar-refractivity contribution in [1.82, 2.24) is 4.31 Å². The fraction of sp³-hybridized carbons (Fsp3) is 0.562. The molecule has 0 amide bonds. The molecule has 1 N–H and O–H groups in total. The lowest BCUT2D eigenvalue weighted by Gasteiger charge is -2.32. The van der Waals surface area contributed by atoms with Crippen LogP contribution in [0, 0.1) is 16.0 Å². The molecule has 1 aromatic carbocycles. The summed E-state index contributed by atoms with van der Waals surface area (Å²) in [4.78, 5) is 22.1. The van der Waals surface area contributed by atoms with Gasteiger partial charge < -0.3 is 5.11 Å². The smallest absolute Gasteiger partial charge is 0.322 e. The molecule has 0 bridgehead atoms. The van der Waals surface area contributed by atoms with Gasteiger partial charge in [-0.25, -0.2) is 8.42 Å². The summed E-state index contributed by atoms with van der Waals surface area (Å²) in [7, 11) is -3.99. The third-order valence-electron chi connectivity index (χ3n) is 5.16. The Hall–Kier alpha value is -2.00. The quantitative estimate of drug-likeness (QED) is 0.628. The fourth-order valence-electron chi connectivity index (χ4n) is 4.11. The van der Waals surface area contributed by atoms with Crippen molar-refractivity contribution in [2.45, 2.75) is 49.9 Å². The number of carboxylic acids is 1. The van der Waals surface area contributed by atoms with Gasteiger partial charge >= 0.3 is 5.97 Å². The number of nitro benzene ring substituents is 1. The van der Waals surface area contributed by atoms with Crippen molar-refractivity contribution >= 4 is 21.7 Å². The standard InChI is InChI=1S/C16H20N2O6S/c19-16(20)15-9-11-5-1-3-7-13(11)17(15)25(23,24)10-12-6-2-4-8-14(12)18(21)22/h2,4,6,8,11,13,15H,1,3,5,7,9-10H2,(H,19,20). The van der Waals surface area contributed by atoms with Gasteiger partial charge in [0.1, 0.15) is 6.04 Å². The number of nitro groups is 1. The molecule has 0 radical (unpaired) electrons. The van der Waals surface area contributed by atoms with Gasteiger partial charge in [-0.15, -0.1) is 0 Å². The van der Waals surface area contributed by atoms with Crippen LogP contribution in [0.15, 0.2) is 24.3 Å². The molecule has 9 heteroatoms. The van der Waals surface area contributed by atoms with Crippen LogP contribution in [-0.2, 0) is 20.6 Å². The van der Waals surface area contributed by atoms with Crippen LogP contribution < -0.4 is 0 Å². The van der Waals surface area contributed by atoms with Crippen molar-refractivity contribution in [3.8, 4) is 0 Å². The van der Waals surface area contributed by atoms with E-state index in [0.717, 1.165) is 23.6 Å². The highest BCUT2D eigenvalue weighted by atomic mass is 32.2. The molecule has 25 heavy (non-hydrogen) atoms. The molecule has 2 aliphatic rings. The Kier molecular flexibility index (Phi) is 4.79. The molecule has 1 aliphatic heterocycles. The Bertz CT molecular complexity index is 794. The first-order valence-corrected chi connectivity index (χ1v) is 9.88. The van der Waals surface area contributed by atoms with Crippen molar-refractivity contribution in [1.29, 1.82) is 0 Å². The van der Waals surface area contributed by atoms with Crippen molar-refractivity contribution in [2.24, 2.45) is 5.92 Å². The molecule has 1 aromatic rings. The van der Waals surface area contributed by atoms with E-state index in [1.807, 2.05) is 0 Å². The molecule has 1 aliphatic carbocycles. The Balaban J connectivity index is 1.95. The van der Waals surface area contributed by atoms with Gasteiger partial charge in [-0.05, 0) is 25.2 Å². The van der Waals surface area contributed by atoms with Crippen molar-refractivity contribution in [2.75, 3.05) is 0 Å². The SMILES string of the molecule is O=C(O)C1CC2CCCCC2N1S(=O)(=O)Cc1ccccc1[N+](=O)[O-]. The van der Waals surface area contributed by atoms with Gasteiger partial charge in [0.05, 0.1) is 10.7 Å². The molecule has 1 saturated carbocycles. The average Bonchev–Trinajstić information content (AvgIpc) is 2.95. The molecule has 3 rings (SSSR count). The predicted molar refractivity (Wildman–Crippen MR) is 89.3 cm³/mol. The molecule has 136 valence electrons. The van der Waals surface area contributed by atoms with E-state index in [0.29, 0.717) is 12.8 Å². The normalized spacial score (nSPS) is 27.0. The summed E-state index contributed by atoms with van der Waals surface area (Å²) >= 11 is 0. The summed E-state index contributed by atoms with van der Waals surface area (Å²) in [6.45, 7) is 0. The van der Waals surface area contributed by atoms with Crippen LogP contribution in [0.25, 0.3) is 0 Å². The zero-order valence-corrected chi connectivity index (χ0v) is 14.4. The lowest BCUT2D eigenvalue weighted by molar-refractivity contribution is -0.385. The lowest BCUT2D eigenvalue weighted by Crippen LogP contribution is -2.46. The van der Waals surface area contributed by atoms with Gasteiger partial charge in [-0.1, -0.05) is 31.0 Å². The first kappa shape index (κ1) is 17.8. The van der Waals surface area contributed by atoms with Crippen LogP contribution in [0.1, 0.15) is 37.7 Å². The van der Waals surface area contributed by atoms with E-state index in [1.165, 1.54) is 18.2 Å². The summed E-state index contributed by atoms with van der Waals surface area (Å²) < 4.78 is 27.1. The molecule has 0 spiro atoms. The molecule has 3 atom stereocenters. The zero-order valence-electron chi connectivity index (χ0n) is 13.6. The van der Waals surface area contributed by atoms with Crippen LogP contribution in [0.4, 0.5) is 5.69 Å². The van der Waals surface area contributed by atoms with Crippen LogP contribution >= 0.6 is 0 Å². The third kappa shape index (κ3) is 3.38. The number of sulfonamides is 1. The predicted octanol–water partition coefficient (Wildman–Crippen LogP) is 2.14. The Morgan fingerprint density at radius 3 is 2.64 bits per heavy atom. The molecule has 3 unspecified atom stereocenters. The second-order valence-electron chi connectivity index (χ2n) is 6.67. The Morgan fingerprint density at radius 2 is 1.96 bits per heavy atom. The fourth-order valence-corrected chi connectivity index (χ4v) is 6.15. The minimum atomic E-state index is -3.99. The van der Waals surface area contributed by atoms with E-state index >= 15 is 0 Å². The van der Waals surface area contributed by atoms with Gasteiger partial charge in [0.25, 0.3) is 5.69 Å². The Labute approximate surface area is 145 Å². The number of benzene rings is 1. The number of hydrogen-bond acceptors (Lipinski definition) is 5. The maximum atomic E-state index is 13.0. The highest BCUT2D eigenvalue weighted by Gasteiger charge is 2.50. The second-order valence-corrected chi connectivity index (χ2v) is 8.55. The first-order valence-electron chi connectivity index (χ1n) is 8.27. The van der Waals surface area contributed by atoms with E-state index in [-0.39, 0.29) is 23.2 Å². The van der Waals surface area contributed by atoms with E-state index in [4.69, 9.17) is 0 Å². The first-order chi connectivity index (χ1) is 11.8.